The maximum Gasteiger partial charge on any atom is -0.00668 e. The summed E-state index contributed by atoms with van der Waals surface area (Å²) in [4.78, 5) is 0. The van der Waals surface area contributed by atoms with Crippen LogP contribution in [0.1, 0.15) is 33.4 Å². The molecule has 0 heterocycles. The van der Waals surface area contributed by atoms with Crippen LogP contribution in [-0.2, 0) is 0 Å². The third-order valence-electron chi connectivity index (χ3n) is 26.7. The Morgan fingerprint density at radius 2 is 0.302 bits per heavy atom. The molecule has 0 nitrogen and oxygen atoms in total. The molecule has 0 heteroatoms. The summed E-state index contributed by atoms with van der Waals surface area (Å²) in [6, 6.07) is 161. The molecule has 0 saturated carbocycles. The Labute approximate surface area is 735 Å². The minimum absolute atomic E-state index is 1.26. The molecule has 0 aliphatic rings. The SMILES string of the molecule is Cc1cc(-c2ccc3ccccc3c2)c2ccccc2c1-c1c(C)cc(-c2ccc3ccccc3c2)c2ccccc12.Cc1cc(-c2ccc3ccccc3c2)c2ccccc2c1-c1c(C)cc(-c2cccc3ccccc23)c2ccccc12.Cc1ccc(-c2ccc(-c3ccc(-c4ccc(C)c5ccccc45)c4ccccc34)c3ccccc23)c2ccccc12. The highest BCUT2D eigenvalue weighted by Crippen LogP contribution is 2.50. The quantitative estimate of drug-likeness (QED) is 0.135. The molecule has 24 rings (SSSR count). The fraction of sp³-hybridized carbons (Fsp3) is 0.0476. The molecule has 0 aliphatic heterocycles. The van der Waals surface area contributed by atoms with Crippen LogP contribution in [0.2, 0.25) is 0 Å². The van der Waals surface area contributed by atoms with E-state index in [0.29, 0.717) is 0 Å². The van der Waals surface area contributed by atoms with Crippen LogP contribution < -0.4 is 0 Å². The standard InChI is InChI=1S/3C42H30/c1-27-23-39(33-21-19-29-11-3-5-13-31(29)25-33)35-15-7-9-17-37(35)41(27)42-28(2)24-40(36-16-8-10-18-38(36)42)34-22-20-30-12-4-6-14-32(30)26-34;1-27-19-21-37(31-13-5-3-11-29(27)31)39-23-25-41(35-17-9-7-15-33(35)39)42-26-24-40(34-16-8-10-18-36(34)42)38-22-20-28(2)30-12-4-6-14-32(30)38;1-27-24-39(32-23-22-29-12-3-4-14-31(29)26-32)35-17-7-9-19-37(35)41(27)42-28(2)25-40(36-18-8-10-20-38(36)42)34-21-11-15-30-13-5-6-16-33(30)34/h3*3-26H,1-2H3. The molecule has 24 aromatic carbocycles. The molecule has 0 saturated heterocycles. The van der Waals surface area contributed by atoms with Crippen molar-refractivity contribution in [1.82, 2.24) is 0 Å². The Morgan fingerprint density at radius 3 is 0.603 bits per heavy atom. The lowest BCUT2D eigenvalue weighted by Gasteiger charge is -2.21. The van der Waals surface area contributed by atoms with E-state index in [2.05, 4.69) is 478 Å². The number of fused-ring (bicyclic) bond motifs is 12. The van der Waals surface area contributed by atoms with Crippen LogP contribution in [0.5, 0.6) is 0 Å². The first kappa shape index (κ1) is 76.5. The second-order valence-electron chi connectivity index (χ2n) is 34.2. The van der Waals surface area contributed by atoms with Crippen LogP contribution in [0.25, 0.3) is 229 Å². The fourth-order valence-corrected chi connectivity index (χ4v) is 20.8. The van der Waals surface area contributed by atoms with Gasteiger partial charge in [0.25, 0.3) is 0 Å². The largest absolute Gasteiger partial charge is 0.0616 e. The Bertz CT molecular complexity index is 8190. The van der Waals surface area contributed by atoms with Gasteiger partial charge in [0.05, 0.1) is 0 Å². The summed E-state index contributed by atoms with van der Waals surface area (Å²) in [5.41, 5.74) is 31.0. The van der Waals surface area contributed by atoms with Crippen molar-refractivity contribution in [3.8, 4) is 100 Å². The molecule has 594 valence electrons. The second-order valence-corrected chi connectivity index (χ2v) is 34.2. The van der Waals surface area contributed by atoms with E-state index < -0.39 is 0 Å². The summed E-state index contributed by atoms with van der Waals surface area (Å²) in [7, 11) is 0. The van der Waals surface area contributed by atoms with Crippen molar-refractivity contribution in [3.05, 3.63) is 470 Å². The molecule has 0 unspecified atom stereocenters. The number of rotatable bonds is 9. The molecule has 0 N–H and O–H groups in total. The van der Waals surface area contributed by atoms with Crippen molar-refractivity contribution in [2.45, 2.75) is 41.5 Å². The number of aryl methyl sites for hydroxylation is 6. The van der Waals surface area contributed by atoms with Gasteiger partial charge < -0.3 is 0 Å². The van der Waals surface area contributed by atoms with Crippen molar-refractivity contribution in [1.29, 1.82) is 0 Å². The van der Waals surface area contributed by atoms with Gasteiger partial charge in [0.1, 0.15) is 0 Å². The summed E-state index contributed by atoms with van der Waals surface area (Å²) in [6.45, 7) is 13.5. The minimum atomic E-state index is 1.26. The van der Waals surface area contributed by atoms with E-state index in [9.17, 15) is 0 Å². The lowest BCUT2D eigenvalue weighted by atomic mass is 9.82. The summed E-state index contributed by atoms with van der Waals surface area (Å²) in [5, 5.41) is 30.9. The molecule has 0 spiro atoms. The maximum atomic E-state index is 2.41. The zero-order valence-electron chi connectivity index (χ0n) is 71.6. The summed E-state index contributed by atoms with van der Waals surface area (Å²) >= 11 is 0. The number of hydrogen-bond donors (Lipinski definition) is 0. The smallest absolute Gasteiger partial charge is 0.00668 e. The van der Waals surface area contributed by atoms with E-state index in [0.717, 1.165) is 0 Å². The van der Waals surface area contributed by atoms with Gasteiger partial charge in [-0.25, -0.2) is 0 Å². The summed E-state index contributed by atoms with van der Waals surface area (Å²) < 4.78 is 0. The van der Waals surface area contributed by atoms with Gasteiger partial charge in [-0.15, -0.1) is 0 Å². The van der Waals surface area contributed by atoms with E-state index >= 15 is 0 Å². The van der Waals surface area contributed by atoms with Crippen LogP contribution in [0.15, 0.2) is 437 Å². The number of benzene rings is 24. The Morgan fingerprint density at radius 1 is 0.103 bits per heavy atom. The van der Waals surface area contributed by atoms with Crippen molar-refractivity contribution >= 4 is 129 Å². The van der Waals surface area contributed by atoms with Crippen molar-refractivity contribution < 1.29 is 0 Å². The highest BCUT2D eigenvalue weighted by Gasteiger charge is 2.24. The topological polar surface area (TPSA) is 0 Å². The summed E-state index contributed by atoms with van der Waals surface area (Å²) in [5.74, 6) is 0. The van der Waals surface area contributed by atoms with Crippen LogP contribution in [-0.4, -0.2) is 0 Å². The first-order chi connectivity index (χ1) is 62.0. The molecule has 0 atom stereocenters. The molecule has 0 aromatic heterocycles. The molecule has 126 heavy (non-hydrogen) atoms. The van der Waals surface area contributed by atoms with Gasteiger partial charge in [0.2, 0.25) is 0 Å². The highest BCUT2D eigenvalue weighted by atomic mass is 14.3. The molecular weight excluding hydrogens is 1510 g/mol. The summed E-state index contributed by atoms with van der Waals surface area (Å²) in [6.07, 6.45) is 0. The first-order valence-electron chi connectivity index (χ1n) is 44.1. The second kappa shape index (κ2) is 32.0. The average molecular weight is 1600 g/mol. The zero-order chi connectivity index (χ0) is 84.6. The molecule has 0 aliphatic carbocycles. The van der Waals surface area contributed by atoms with E-state index in [1.54, 1.807) is 0 Å². The Balaban J connectivity index is 0.000000112. The third kappa shape index (κ3) is 13.4. The van der Waals surface area contributed by atoms with Crippen LogP contribution in [0, 0.1) is 41.5 Å². The minimum Gasteiger partial charge on any atom is -0.0616 e. The van der Waals surface area contributed by atoms with Crippen molar-refractivity contribution in [3.63, 3.8) is 0 Å². The molecule has 0 radical (unpaired) electrons. The molecule has 24 aromatic rings. The van der Waals surface area contributed by atoms with E-state index in [1.807, 2.05) is 0 Å². The molecule has 0 fully saturated rings. The zero-order valence-corrected chi connectivity index (χ0v) is 71.6. The van der Waals surface area contributed by atoms with Gasteiger partial charge in [-0.1, -0.05) is 419 Å². The van der Waals surface area contributed by atoms with Crippen LogP contribution in [0.4, 0.5) is 0 Å². The van der Waals surface area contributed by atoms with Crippen molar-refractivity contribution in [2.24, 2.45) is 0 Å². The van der Waals surface area contributed by atoms with Gasteiger partial charge in [-0.05, 0) is 323 Å². The van der Waals surface area contributed by atoms with Gasteiger partial charge in [-0.2, -0.15) is 0 Å². The third-order valence-corrected chi connectivity index (χ3v) is 26.7. The molecule has 0 amide bonds. The van der Waals surface area contributed by atoms with Gasteiger partial charge >= 0.3 is 0 Å². The van der Waals surface area contributed by atoms with Gasteiger partial charge in [-0.3, -0.25) is 0 Å². The Hall–Kier alpha value is -15.6. The average Bonchev–Trinajstić information content (AvgIpc) is 0.741. The fourth-order valence-electron chi connectivity index (χ4n) is 20.8. The predicted octanol–water partition coefficient (Wildman–Crippen LogP) is 35.8. The Kier molecular flexibility index (Phi) is 19.4. The van der Waals surface area contributed by atoms with E-state index in [-0.39, 0.29) is 0 Å². The van der Waals surface area contributed by atoms with E-state index in [4.69, 9.17) is 0 Å². The maximum absolute atomic E-state index is 2.41. The normalized spacial score (nSPS) is 11.6. The van der Waals surface area contributed by atoms with Crippen LogP contribution in [0.3, 0.4) is 0 Å². The van der Waals surface area contributed by atoms with Gasteiger partial charge in [0, 0.05) is 0 Å². The van der Waals surface area contributed by atoms with Crippen LogP contribution >= 0.6 is 0 Å². The lowest BCUT2D eigenvalue weighted by molar-refractivity contribution is 1.44. The molecule has 0 bridgehead atoms. The molecular formula is C126H90. The number of hydrogen-bond acceptors (Lipinski definition) is 0. The first-order valence-corrected chi connectivity index (χ1v) is 44.1. The van der Waals surface area contributed by atoms with E-state index in [1.165, 1.54) is 263 Å². The van der Waals surface area contributed by atoms with Crippen molar-refractivity contribution in [2.75, 3.05) is 0 Å². The lowest BCUT2D eigenvalue weighted by Crippen LogP contribution is -1.95. The monoisotopic (exact) mass is 1600 g/mol. The predicted molar refractivity (Wildman–Crippen MR) is 547 cm³/mol. The van der Waals surface area contributed by atoms with Gasteiger partial charge in [0.15, 0.2) is 0 Å². The highest BCUT2D eigenvalue weighted by molar-refractivity contribution is 6.20.